The zero-order chi connectivity index (χ0) is 14.6. The van der Waals surface area contributed by atoms with Crippen LogP contribution in [0.3, 0.4) is 0 Å². The summed E-state index contributed by atoms with van der Waals surface area (Å²) in [5, 5.41) is 8.26. The van der Waals surface area contributed by atoms with Crippen molar-refractivity contribution in [3.63, 3.8) is 0 Å². The van der Waals surface area contributed by atoms with Crippen LogP contribution >= 0.6 is 0 Å². The lowest BCUT2D eigenvalue weighted by Gasteiger charge is -2.31. The van der Waals surface area contributed by atoms with E-state index in [0.29, 0.717) is 0 Å². The molecule has 20 heavy (non-hydrogen) atoms. The fraction of sp³-hybridized carbons (Fsp3) is 0.471. The van der Waals surface area contributed by atoms with Gasteiger partial charge in [-0.15, -0.1) is 0 Å². The smallest absolute Gasteiger partial charge is 0.0687 e. The first kappa shape index (κ1) is 14.6. The lowest BCUT2D eigenvalue weighted by Crippen LogP contribution is -2.25. The van der Waals surface area contributed by atoms with Crippen LogP contribution in [0.1, 0.15) is 51.8 Å². The van der Waals surface area contributed by atoms with E-state index in [9.17, 15) is 0 Å². The fourth-order valence-electron chi connectivity index (χ4n) is 2.36. The van der Waals surface area contributed by atoms with E-state index >= 15 is 0 Å². The van der Waals surface area contributed by atoms with Crippen LogP contribution in [0.25, 0.3) is 0 Å². The Bertz CT molecular complexity index is 481. The van der Waals surface area contributed by atoms with Gasteiger partial charge in [-0.25, -0.2) is 0 Å². The van der Waals surface area contributed by atoms with E-state index in [0.717, 1.165) is 18.5 Å². The van der Waals surface area contributed by atoms with E-state index in [1.807, 2.05) is 18.5 Å². The Morgan fingerprint density at radius 2 is 1.50 bits per heavy atom. The summed E-state index contributed by atoms with van der Waals surface area (Å²) in [4.78, 5) is 4.10. The molecule has 0 aliphatic rings. The first-order valence-electron chi connectivity index (χ1n) is 7.10. The monoisotopic (exact) mass is 269 g/mol. The maximum absolute atomic E-state index is 4.26. The van der Waals surface area contributed by atoms with Crippen LogP contribution in [0.4, 0.5) is 0 Å². The summed E-state index contributed by atoms with van der Waals surface area (Å²) in [6.45, 7) is 9.05. The van der Waals surface area contributed by atoms with Crippen molar-refractivity contribution in [3.05, 3.63) is 54.1 Å². The minimum atomic E-state index is 0.0402. The van der Waals surface area contributed by atoms with Crippen molar-refractivity contribution in [2.75, 3.05) is 0 Å². The number of pyridine rings is 1. The molecule has 3 nitrogen and oxygen atoms in total. The molecule has 0 aliphatic heterocycles. The summed E-state index contributed by atoms with van der Waals surface area (Å²) in [5.74, 6) is 0. The average molecular weight is 269 g/mol. The highest BCUT2D eigenvalue weighted by Gasteiger charge is 2.28. The number of rotatable bonds is 5. The van der Waals surface area contributed by atoms with Gasteiger partial charge in [0, 0.05) is 24.0 Å². The van der Waals surface area contributed by atoms with Gasteiger partial charge in [-0.05, 0) is 48.1 Å². The highest BCUT2D eigenvalue weighted by atomic mass is 15.1. The molecule has 0 N–H and O–H groups in total. The van der Waals surface area contributed by atoms with Crippen molar-refractivity contribution in [2.45, 2.75) is 51.4 Å². The molecule has 0 saturated heterocycles. The fourth-order valence-corrected chi connectivity index (χ4v) is 2.36. The molecule has 0 spiro atoms. The predicted octanol–water partition coefficient (Wildman–Crippen LogP) is 3.91. The largest absolute Gasteiger partial charge is 0.265 e. The molecular weight excluding hydrogens is 246 g/mol. The van der Waals surface area contributed by atoms with Crippen molar-refractivity contribution < 1.29 is 0 Å². The quantitative estimate of drug-likeness (QED) is 0.826. The summed E-state index contributed by atoms with van der Waals surface area (Å²) in [7, 11) is 0. The van der Waals surface area contributed by atoms with E-state index in [2.05, 4.69) is 61.1 Å². The van der Waals surface area contributed by atoms with E-state index < -0.39 is 0 Å². The molecule has 3 heteroatoms. The molecule has 2 aromatic heterocycles. The first-order valence-corrected chi connectivity index (χ1v) is 7.10. The summed E-state index contributed by atoms with van der Waals surface area (Å²) in [6.07, 6.45) is 7.62. The molecule has 2 heterocycles. The molecular formula is C17H23N3. The second-order valence-corrected chi connectivity index (χ2v) is 6.61. The van der Waals surface area contributed by atoms with Crippen molar-refractivity contribution in [2.24, 2.45) is 0 Å². The summed E-state index contributed by atoms with van der Waals surface area (Å²) >= 11 is 0. The normalized spacial score (nSPS) is 12.4. The second kappa shape index (κ2) is 5.70. The Hall–Kier alpha value is -1.77. The number of hydrogen-bond donors (Lipinski definition) is 0. The van der Waals surface area contributed by atoms with Crippen LogP contribution in [0.5, 0.6) is 0 Å². The standard InChI is InChI=1S/C17H23N3/c1-16(2,14-7-12-18-13-8-14)9-10-17(3,4)15-6-5-11-19-20-15/h5-8,11-13H,9-10H2,1-4H3. The van der Waals surface area contributed by atoms with Gasteiger partial charge in [0.25, 0.3) is 0 Å². The maximum Gasteiger partial charge on any atom is 0.0687 e. The van der Waals surface area contributed by atoms with Gasteiger partial charge >= 0.3 is 0 Å². The Morgan fingerprint density at radius 3 is 2.10 bits per heavy atom. The van der Waals surface area contributed by atoms with Crippen molar-refractivity contribution >= 4 is 0 Å². The molecule has 0 aliphatic carbocycles. The SMILES string of the molecule is CC(C)(CCC(C)(C)c1cccnn1)c1ccncc1. The predicted molar refractivity (Wildman–Crippen MR) is 81.6 cm³/mol. The highest BCUT2D eigenvalue weighted by molar-refractivity contribution is 5.21. The third-order valence-electron chi connectivity index (χ3n) is 4.10. The summed E-state index contributed by atoms with van der Waals surface area (Å²) in [6, 6.07) is 8.23. The van der Waals surface area contributed by atoms with Crippen molar-refractivity contribution in [1.29, 1.82) is 0 Å². The Kier molecular flexibility index (Phi) is 4.17. The van der Waals surface area contributed by atoms with Gasteiger partial charge < -0.3 is 0 Å². The van der Waals surface area contributed by atoms with E-state index in [1.54, 1.807) is 6.20 Å². The zero-order valence-corrected chi connectivity index (χ0v) is 12.8. The molecule has 0 radical (unpaired) electrons. The molecule has 0 bridgehead atoms. The molecule has 0 saturated carbocycles. The van der Waals surface area contributed by atoms with Crippen LogP contribution in [-0.2, 0) is 10.8 Å². The second-order valence-electron chi connectivity index (χ2n) is 6.61. The molecule has 2 rings (SSSR count). The molecule has 2 aromatic rings. The summed E-state index contributed by atoms with van der Waals surface area (Å²) < 4.78 is 0. The molecule has 0 atom stereocenters. The first-order chi connectivity index (χ1) is 9.42. The van der Waals surface area contributed by atoms with E-state index in [4.69, 9.17) is 0 Å². The van der Waals surface area contributed by atoms with Gasteiger partial charge in [0.05, 0.1) is 5.69 Å². The lowest BCUT2D eigenvalue weighted by molar-refractivity contribution is 0.367. The highest BCUT2D eigenvalue weighted by Crippen LogP contribution is 2.34. The van der Waals surface area contributed by atoms with Gasteiger partial charge in [0.1, 0.15) is 0 Å². The van der Waals surface area contributed by atoms with Crippen LogP contribution in [-0.4, -0.2) is 15.2 Å². The van der Waals surface area contributed by atoms with Crippen LogP contribution in [0, 0.1) is 0 Å². The Balaban J connectivity index is 2.08. The van der Waals surface area contributed by atoms with Gasteiger partial charge in [0.15, 0.2) is 0 Å². The van der Waals surface area contributed by atoms with Crippen LogP contribution in [0.15, 0.2) is 42.9 Å². The van der Waals surface area contributed by atoms with Gasteiger partial charge in [-0.2, -0.15) is 10.2 Å². The lowest BCUT2D eigenvalue weighted by atomic mass is 9.74. The molecule has 0 fully saturated rings. The third-order valence-corrected chi connectivity index (χ3v) is 4.10. The van der Waals surface area contributed by atoms with Gasteiger partial charge in [0.2, 0.25) is 0 Å². The van der Waals surface area contributed by atoms with Gasteiger partial charge in [-0.3, -0.25) is 4.98 Å². The number of hydrogen-bond acceptors (Lipinski definition) is 3. The topological polar surface area (TPSA) is 38.7 Å². The Morgan fingerprint density at radius 1 is 0.850 bits per heavy atom. The molecule has 106 valence electrons. The van der Waals surface area contributed by atoms with Crippen molar-refractivity contribution in [1.82, 2.24) is 15.2 Å². The number of nitrogens with zero attached hydrogens (tertiary/aromatic N) is 3. The van der Waals surface area contributed by atoms with Gasteiger partial charge in [-0.1, -0.05) is 27.7 Å². The number of aromatic nitrogens is 3. The summed E-state index contributed by atoms with van der Waals surface area (Å²) in [5.41, 5.74) is 2.58. The third kappa shape index (κ3) is 3.41. The maximum atomic E-state index is 4.26. The van der Waals surface area contributed by atoms with Crippen LogP contribution < -0.4 is 0 Å². The van der Waals surface area contributed by atoms with Crippen molar-refractivity contribution in [3.8, 4) is 0 Å². The average Bonchev–Trinajstić information content (AvgIpc) is 2.47. The van der Waals surface area contributed by atoms with E-state index in [-0.39, 0.29) is 10.8 Å². The minimum absolute atomic E-state index is 0.0402. The molecule has 0 aromatic carbocycles. The van der Waals surface area contributed by atoms with Crippen LogP contribution in [0.2, 0.25) is 0 Å². The molecule has 0 unspecified atom stereocenters. The molecule has 0 amide bonds. The Labute approximate surface area is 121 Å². The zero-order valence-electron chi connectivity index (χ0n) is 12.8. The minimum Gasteiger partial charge on any atom is -0.265 e. The van der Waals surface area contributed by atoms with E-state index in [1.165, 1.54) is 5.56 Å².